The van der Waals surface area contributed by atoms with E-state index in [1.807, 2.05) is 17.8 Å². The zero-order valence-corrected chi connectivity index (χ0v) is 86.2. The Hall–Kier alpha value is -14.8. The number of ether oxygens (including phenoxy) is 5. The molecule has 13 unspecified atom stereocenters. The number of carboxylic acids is 1. The Morgan fingerprint density at radius 2 is 0.524 bits per heavy atom. The van der Waals surface area contributed by atoms with Gasteiger partial charge in [-0.05, 0) is 173 Å². The lowest BCUT2D eigenvalue weighted by molar-refractivity contribution is -0.142. The van der Waals surface area contributed by atoms with Crippen LogP contribution in [0.15, 0.2) is 30.7 Å². The zero-order chi connectivity index (χ0) is 114. The van der Waals surface area contributed by atoms with Crippen LogP contribution in [-0.4, -0.2) is 292 Å². The highest BCUT2D eigenvalue weighted by Gasteiger charge is 2.34. The van der Waals surface area contributed by atoms with E-state index < -0.39 is 161 Å². The van der Waals surface area contributed by atoms with E-state index in [-0.39, 0.29) is 143 Å². The number of primary amides is 2. The number of likely N-dealkylation sites (N-methyl/N-ethyl adjacent to an activating group) is 3. The van der Waals surface area contributed by atoms with Gasteiger partial charge in [-0.1, -0.05) is 66.9 Å². The van der Waals surface area contributed by atoms with Crippen molar-refractivity contribution in [1.82, 2.24) is 74.9 Å². The highest BCUT2D eigenvalue weighted by Crippen LogP contribution is 2.15. The topological polar surface area (TPSA) is 986 Å². The second-order valence-corrected chi connectivity index (χ2v) is 31.7. The summed E-state index contributed by atoms with van der Waals surface area (Å²) in [6.45, 7) is 16.9. The van der Waals surface area contributed by atoms with E-state index in [1.54, 1.807) is 35.0 Å². The summed E-state index contributed by atoms with van der Waals surface area (Å²) in [6.07, 6.45) is 7.24. The van der Waals surface area contributed by atoms with Gasteiger partial charge in [-0.2, -0.15) is 10.2 Å². The third-order valence-corrected chi connectivity index (χ3v) is 20.8. The van der Waals surface area contributed by atoms with Crippen molar-refractivity contribution in [3.63, 3.8) is 0 Å². The van der Waals surface area contributed by atoms with Crippen LogP contribution in [0.4, 0.5) is 0 Å². The molecule has 0 bridgehead atoms. The average molecular weight is 2100 g/mol. The van der Waals surface area contributed by atoms with Crippen LogP contribution < -0.4 is 110 Å². The van der Waals surface area contributed by atoms with Crippen LogP contribution in [-0.2, 0) is 129 Å². The summed E-state index contributed by atoms with van der Waals surface area (Å²) >= 11 is 0. The van der Waals surface area contributed by atoms with Crippen LogP contribution >= 0.6 is 0 Å². The second kappa shape index (κ2) is 94.8. The summed E-state index contributed by atoms with van der Waals surface area (Å²) in [4.78, 5) is 269. The number of unbranched alkanes of at least 4 members (excludes halogenated alkanes) is 4. The van der Waals surface area contributed by atoms with Crippen molar-refractivity contribution in [2.75, 3.05) is 82.9 Å². The Morgan fingerprint density at radius 3 is 0.762 bits per heavy atom. The van der Waals surface area contributed by atoms with Gasteiger partial charge in [-0.3, -0.25) is 128 Å². The molecule has 0 aromatic heterocycles. The largest absolute Gasteiger partial charge is 0.481 e. The number of rotatable bonds is 72. The number of amides is 13. The molecule has 0 heterocycles. The quantitative estimate of drug-likeness (QED) is 0.00328. The Kier molecular flexibility index (Phi) is 93.6. The minimum absolute atomic E-state index is 0.0332. The monoisotopic (exact) mass is 2100 g/mol. The first-order valence-electron chi connectivity index (χ1n) is 46.3. The van der Waals surface area contributed by atoms with Gasteiger partial charge in [0.25, 0.3) is 0 Å². The molecule has 62 heteroatoms. The number of carbonyl (C=O) groups is 22. The molecule has 147 heavy (non-hydrogen) atoms. The van der Waals surface area contributed by atoms with Gasteiger partial charge in [0.15, 0.2) is 11.6 Å². The zero-order valence-electron chi connectivity index (χ0n) is 86.2. The van der Waals surface area contributed by atoms with E-state index in [4.69, 9.17) is 50.4 Å². The number of hydrazine groups is 3. The van der Waals surface area contributed by atoms with Crippen molar-refractivity contribution >= 4 is 143 Å². The molecule has 0 aromatic rings. The molecule has 13 atom stereocenters. The van der Waals surface area contributed by atoms with Crippen LogP contribution in [0.5, 0.6) is 0 Å². The Bertz CT molecular complexity index is 4160. The third-order valence-electron chi connectivity index (χ3n) is 20.8. The third kappa shape index (κ3) is 81.3. The molecule has 0 aliphatic carbocycles. The number of hydrogen-bond donors (Lipinski definition) is 21. The van der Waals surface area contributed by atoms with Crippen molar-refractivity contribution < 1.29 is 134 Å². The van der Waals surface area contributed by atoms with Crippen LogP contribution in [0.25, 0.3) is 41.8 Å². The lowest BCUT2D eigenvalue weighted by Gasteiger charge is -2.24. The summed E-state index contributed by atoms with van der Waals surface area (Å²) in [6, 6.07) is -9.49. The Labute approximate surface area is 851 Å². The van der Waals surface area contributed by atoms with E-state index in [9.17, 15) is 105 Å². The molecule has 0 spiro atoms. The number of methoxy groups -OCH3 is 5. The molecule has 0 aliphatic heterocycles. The van der Waals surface area contributed by atoms with Gasteiger partial charge in [0.1, 0.15) is 36.0 Å². The number of ketones is 3. The minimum atomic E-state index is -1.21. The summed E-state index contributed by atoms with van der Waals surface area (Å²) in [5.41, 5.74) is 51.5. The Balaban J connectivity index is -0.000000332. The van der Waals surface area contributed by atoms with Crippen LogP contribution in [0.3, 0.4) is 0 Å². The van der Waals surface area contributed by atoms with Crippen molar-refractivity contribution in [2.24, 2.45) is 83.3 Å². The molecule has 13 amide bonds. The van der Waals surface area contributed by atoms with Crippen molar-refractivity contribution in [2.45, 2.75) is 295 Å². The summed E-state index contributed by atoms with van der Waals surface area (Å²) < 4.78 is 22.6. The highest BCUT2D eigenvalue weighted by atomic mass is 16.5. The number of hydrogen-bond acceptors (Lipinski definition) is 40. The van der Waals surface area contributed by atoms with E-state index in [0.717, 1.165) is 12.8 Å². The normalized spacial score (nSPS) is 12.6. The van der Waals surface area contributed by atoms with Gasteiger partial charge in [-0.15, -0.1) is 0 Å². The number of nitrogens with one attached hydrogen (secondary N) is 14. The number of esters is 5. The van der Waals surface area contributed by atoms with Crippen molar-refractivity contribution in [3.8, 4) is 0 Å². The number of azide groups is 4. The predicted molar refractivity (Wildman–Crippen MR) is 531 cm³/mol. The first kappa shape index (κ1) is 145. The van der Waals surface area contributed by atoms with Crippen LogP contribution in [0.2, 0.25) is 0 Å². The number of hydrazone groups is 2. The van der Waals surface area contributed by atoms with Gasteiger partial charge in [-0.25, -0.2) is 22.5 Å². The first-order chi connectivity index (χ1) is 69.6. The smallest absolute Gasteiger partial charge is 0.306 e. The molecule has 0 fully saturated rings. The number of Topliss-reactive ketones (excluding diaryl/α,β-unsaturated/α-hetero) is 3. The molecular weight excluding hydrogens is 1950 g/mol. The molecular formula is C85H154N34O28. The second-order valence-electron chi connectivity index (χ2n) is 31.7. The molecule has 0 saturated carbocycles. The van der Waals surface area contributed by atoms with Gasteiger partial charge in [0.05, 0.1) is 71.7 Å². The molecule has 0 radical (unpaired) electrons. The van der Waals surface area contributed by atoms with Gasteiger partial charge in [0.2, 0.25) is 76.8 Å². The van der Waals surface area contributed by atoms with E-state index >= 15 is 0 Å². The van der Waals surface area contributed by atoms with Crippen molar-refractivity contribution in [3.05, 3.63) is 41.8 Å². The maximum absolute atomic E-state index is 12.9. The predicted octanol–water partition coefficient (Wildman–Crippen LogP) is -1.12. The van der Waals surface area contributed by atoms with E-state index in [0.29, 0.717) is 110 Å². The van der Waals surface area contributed by atoms with Gasteiger partial charge < -0.3 is 93.4 Å². The molecule has 832 valence electrons. The number of carboxylic acid groups (broad SMARTS) is 1. The molecule has 0 aliphatic rings. The summed E-state index contributed by atoms with van der Waals surface area (Å²) in [7, 11) is 11.1. The number of carbonyl (C=O) groups excluding carboxylic acids is 21. The SMILES string of the molecule is C=NNC(=O)CCC(NC(=O)C(CCC(=O)NN=C)NC(=O)C(CCCCN=[N+]=[N-])NC)C(N)=O.CC(CCCCN=[N+]=[N-])C(=O)O.CNC(CCCCN=[N+]=[N-])C(=O)NC(CCC(=O)NN)C(=O)NC(CCC(=O)NN)C(N)=O.CNC(CCCCN=[N+]=[N-])C(=O)NC(CCC(=O)OC)C(=O)NC(CCC(=O)OC)C(C)=O.COC(=O)CCC(C)C(=O)NC(CCC(=O)OC)C(C)=O.COC(=O)CCC(C)C(C)=O.NN. The number of nitrogens with zero attached hydrogens (tertiary/aromatic N) is 14. The average Bonchev–Trinajstić information content (AvgIpc) is 0.880. The first-order valence-corrected chi connectivity index (χ1v) is 46.3. The van der Waals surface area contributed by atoms with E-state index in [2.05, 4.69) is 163 Å². The van der Waals surface area contributed by atoms with E-state index in [1.165, 1.54) is 56.3 Å². The fourth-order valence-corrected chi connectivity index (χ4v) is 11.7. The number of aliphatic carboxylic acids is 1. The summed E-state index contributed by atoms with van der Waals surface area (Å²) in [5.74, 6) is 5.98. The lowest BCUT2D eigenvalue weighted by atomic mass is 10.0. The molecule has 0 saturated heterocycles. The molecule has 0 aromatic carbocycles. The standard InChI is InChI=1S/C20H34N6O7.C19H33N11O5.C17H33N11O5.C14H23NO6.C8H14O3.C7H13N3O2.H4N2/c1-13(27)14(8-10-17(28)32-3)24-20(31)16(9-11-18(29)33-4)25-19(30)15(22-2)7-5-6-12-23-26-21;1-22-13(6-4-5-11-25-30-21)18(34)27-14(8-10-16(32)29-24-3)19(35)26-12(17(20)33)7-9-15(31)28-23-2;1-22-11(4-2-3-9-23-28-21)16(32)25-12(6-8-14(30)27-20)17(33)24-10(15(18)31)5-7-13(29)26-19;1-9(5-7-12(17)20-3)14(19)15-11(10(2)16)6-8-13(18)21-4;1-6(7(2)9)4-5-8(10)11-3;1-6(7(11)12)4-2-3-5-9-10-8;1-2/h14-16,22H,5-12H2,1-4H3,(H,24,31)(H,25,30);12-14,22H,2-11H2,1H3,(H2,20,33)(H,26,35)(H,27,34)(H,28,31)(H,29,32);10-12,22H,2-9,19-20H2,1H3,(H2,18,31)(H,24,33)(H,25,32)(H,26,29)(H,27,30);9,11H,5-8H2,1-4H3,(H,15,19);6H,4-5H2,1-3H3;6H,2-5H2,1H3,(H,11,12);1-2H2. The van der Waals surface area contributed by atoms with Crippen LogP contribution in [0.1, 0.15) is 234 Å². The highest BCUT2D eigenvalue weighted by molar-refractivity contribution is 5.96. The summed E-state index contributed by atoms with van der Waals surface area (Å²) in [5, 5.41) is 54.8. The maximum atomic E-state index is 12.9. The van der Waals surface area contributed by atoms with Crippen LogP contribution in [0, 0.1) is 17.8 Å². The maximum Gasteiger partial charge on any atom is 0.306 e. The Morgan fingerprint density at radius 1 is 0.299 bits per heavy atom. The molecule has 27 N–H and O–H groups in total. The van der Waals surface area contributed by atoms with Crippen molar-refractivity contribution in [1.29, 1.82) is 0 Å². The molecule has 0 rings (SSSR count). The lowest BCUT2D eigenvalue weighted by Crippen LogP contribution is -2.56. The molecule has 62 nitrogen and oxygen atoms in total. The van der Waals surface area contributed by atoms with Gasteiger partial charge >= 0.3 is 35.8 Å². The minimum Gasteiger partial charge on any atom is -0.481 e. The fraction of sp³-hybridized carbons (Fsp3) is 0.718. The fourth-order valence-electron chi connectivity index (χ4n) is 11.7. The number of nitrogens with two attached hydrogens (primary N) is 6. The van der Waals surface area contributed by atoms with Gasteiger partial charge in [0, 0.05) is 129 Å².